The van der Waals surface area contributed by atoms with Crippen LogP contribution in [0.2, 0.25) is 0 Å². The van der Waals surface area contributed by atoms with E-state index in [4.69, 9.17) is 4.74 Å². The largest absolute Gasteiger partial charge is 0.477 e. The predicted molar refractivity (Wildman–Crippen MR) is 79.0 cm³/mol. The second kappa shape index (κ2) is 7.43. The molecule has 2 rings (SSSR count). The molecule has 2 heterocycles. The molecule has 20 heavy (non-hydrogen) atoms. The van der Waals surface area contributed by atoms with E-state index in [0.717, 1.165) is 30.8 Å². The third-order valence-electron chi connectivity index (χ3n) is 2.98. The zero-order chi connectivity index (χ0) is 14.2. The molecule has 5 heteroatoms. The van der Waals surface area contributed by atoms with Crippen molar-refractivity contribution in [2.24, 2.45) is 0 Å². The summed E-state index contributed by atoms with van der Waals surface area (Å²) in [5, 5.41) is 3.19. The predicted octanol–water partition coefficient (Wildman–Crippen LogP) is 2.62. The van der Waals surface area contributed by atoms with Crippen LogP contribution in [0.25, 0.3) is 0 Å². The maximum absolute atomic E-state index is 5.74. The van der Waals surface area contributed by atoms with Crippen LogP contribution in [-0.4, -0.2) is 28.1 Å². The Morgan fingerprint density at radius 1 is 1.20 bits per heavy atom. The Morgan fingerprint density at radius 2 is 2.00 bits per heavy atom. The van der Waals surface area contributed by atoms with Gasteiger partial charge in [-0.3, -0.25) is 4.98 Å². The standard InChI is InChI=1S/C15H20N4O/c1-3-17-14-12(2)15(19-11-18-14)20-10-4-5-13-6-8-16-9-7-13/h6-9,11H,3-5,10H2,1-2H3,(H,17,18,19). The highest BCUT2D eigenvalue weighted by atomic mass is 16.5. The van der Waals surface area contributed by atoms with Gasteiger partial charge in [0.1, 0.15) is 12.1 Å². The Hall–Kier alpha value is -2.17. The lowest BCUT2D eigenvalue weighted by Crippen LogP contribution is -2.07. The molecule has 0 aliphatic heterocycles. The Balaban J connectivity index is 1.83. The van der Waals surface area contributed by atoms with E-state index in [9.17, 15) is 0 Å². The summed E-state index contributed by atoms with van der Waals surface area (Å²) in [6, 6.07) is 4.05. The number of anilines is 1. The van der Waals surface area contributed by atoms with Gasteiger partial charge in [0.2, 0.25) is 5.88 Å². The molecule has 0 unspecified atom stereocenters. The number of rotatable bonds is 7. The highest BCUT2D eigenvalue weighted by molar-refractivity contribution is 5.47. The van der Waals surface area contributed by atoms with Crippen molar-refractivity contribution in [1.82, 2.24) is 15.0 Å². The van der Waals surface area contributed by atoms with Gasteiger partial charge in [-0.1, -0.05) is 0 Å². The van der Waals surface area contributed by atoms with Crippen LogP contribution in [0.4, 0.5) is 5.82 Å². The van der Waals surface area contributed by atoms with Gasteiger partial charge in [-0.2, -0.15) is 0 Å². The lowest BCUT2D eigenvalue weighted by atomic mass is 10.1. The summed E-state index contributed by atoms with van der Waals surface area (Å²) in [5.74, 6) is 1.50. The van der Waals surface area contributed by atoms with E-state index in [2.05, 4.69) is 20.3 Å². The Bertz CT molecular complexity index is 531. The van der Waals surface area contributed by atoms with Crippen molar-refractivity contribution in [3.05, 3.63) is 42.0 Å². The molecule has 0 aliphatic carbocycles. The van der Waals surface area contributed by atoms with Gasteiger partial charge in [0.05, 0.1) is 12.2 Å². The fourth-order valence-corrected chi connectivity index (χ4v) is 1.92. The van der Waals surface area contributed by atoms with Gasteiger partial charge >= 0.3 is 0 Å². The van der Waals surface area contributed by atoms with Crippen LogP contribution in [0, 0.1) is 6.92 Å². The van der Waals surface area contributed by atoms with Crippen molar-refractivity contribution in [1.29, 1.82) is 0 Å². The van der Waals surface area contributed by atoms with Crippen LogP contribution in [0.15, 0.2) is 30.9 Å². The molecule has 0 aliphatic rings. The Kier molecular flexibility index (Phi) is 5.29. The smallest absolute Gasteiger partial charge is 0.221 e. The molecule has 106 valence electrons. The third-order valence-corrected chi connectivity index (χ3v) is 2.98. The molecule has 2 aromatic rings. The second-order valence-corrected chi connectivity index (χ2v) is 4.49. The van der Waals surface area contributed by atoms with Crippen LogP contribution in [-0.2, 0) is 6.42 Å². The summed E-state index contributed by atoms with van der Waals surface area (Å²) in [7, 11) is 0. The van der Waals surface area contributed by atoms with Crippen LogP contribution < -0.4 is 10.1 Å². The Labute approximate surface area is 119 Å². The van der Waals surface area contributed by atoms with Crippen LogP contribution >= 0.6 is 0 Å². The molecule has 0 aromatic carbocycles. The van der Waals surface area contributed by atoms with Gasteiger partial charge in [0, 0.05) is 18.9 Å². The van der Waals surface area contributed by atoms with E-state index in [0.29, 0.717) is 12.5 Å². The minimum atomic E-state index is 0.645. The molecule has 0 amide bonds. The summed E-state index contributed by atoms with van der Waals surface area (Å²) >= 11 is 0. The van der Waals surface area contributed by atoms with Gasteiger partial charge < -0.3 is 10.1 Å². The number of hydrogen-bond acceptors (Lipinski definition) is 5. The van der Waals surface area contributed by atoms with Crippen molar-refractivity contribution in [2.75, 3.05) is 18.5 Å². The fraction of sp³-hybridized carbons (Fsp3) is 0.400. The van der Waals surface area contributed by atoms with Gasteiger partial charge in [0.15, 0.2) is 0 Å². The summed E-state index contributed by atoms with van der Waals surface area (Å²) in [4.78, 5) is 12.4. The number of hydrogen-bond donors (Lipinski definition) is 1. The summed E-state index contributed by atoms with van der Waals surface area (Å²) in [6.07, 6.45) is 7.08. The molecule has 0 radical (unpaired) electrons. The zero-order valence-corrected chi connectivity index (χ0v) is 12.0. The average Bonchev–Trinajstić information content (AvgIpc) is 2.48. The van der Waals surface area contributed by atoms with Gasteiger partial charge in [0.25, 0.3) is 0 Å². The third kappa shape index (κ3) is 3.91. The van der Waals surface area contributed by atoms with Gasteiger partial charge in [-0.05, 0) is 44.4 Å². The quantitative estimate of drug-likeness (QED) is 0.785. The van der Waals surface area contributed by atoms with Crippen LogP contribution in [0.3, 0.4) is 0 Å². The normalized spacial score (nSPS) is 10.3. The molecule has 5 nitrogen and oxygen atoms in total. The molecular formula is C15H20N4O. The molecule has 0 bridgehead atoms. The first-order chi connectivity index (χ1) is 9.81. The highest BCUT2D eigenvalue weighted by Crippen LogP contribution is 2.20. The first kappa shape index (κ1) is 14.2. The van der Waals surface area contributed by atoms with E-state index < -0.39 is 0 Å². The molecular weight excluding hydrogens is 252 g/mol. The SMILES string of the molecule is CCNc1ncnc(OCCCc2ccncc2)c1C. The van der Waals surface area contributed by atoms with Crippen molar-refractivity contribution < 1.29 is 4.74 Å². The van der Waals surface area contributed by atoms with Gasteiger partial charge in [-0.25, -0.2) is 9.97 Å². The molecule has 0 fully saturated rings. The minimum absolute atomic E-state index is 0.645. The number of ether oxygens (including phenoxy) is 1. The van der Waals surface area contributed by atoms with E-state index in [1.165, 1.54) is 11.9 Å². The van der Waals surface area contributed by atoms with E-state index >= 15 is 0 Å². The average molecular weight is 272 g/mol. The summed E-state index contributed by atoms with van der Waals surface area (Å²) in [5.41, 5.74) is 2.23. The monoisotopic (exact) mass is 272 g/mol. The topological polar surface area (TPSA) is 59.9 Å². The lowest BCUT2D eigenvalue weighted by molar-refractivity contribution is 0.296. The lowest BCUT2D eigenvalue weighted by Gasteiger charge is -2.11. The minimum Gasteiger partial charge on any atom is -0.477 e. The number of nitrogens with zero attached hydrogens (tertiary/aromatic N) is 3. The maximum Gasteiger partial charge on any atom is 0.221 e. The van der Waals surface area contributed by atoms with Crippen molar-refractivity contribution in [3.63, 3.8) is 0 Å². The number of nitrogens with one attached hydrogen (secondary N) is 1. The first-order valence-electron chi connectivity index (χ1n) is 6.88. The van der Waals surface area contributed by atoms with Crippen molar-refractivity contribution >= 4 is 5.82 Å². The van der Waals surface area contributed by atoms with E-state index in [1.54, 1.807) is 0 Å². The van der Waals surface area contributed by atoms with Crippen molar-refractivity contribution in [2.45, 2.75) is 26.7 Å². The highest BCUT2D eigenvalue weighted by Gasteiger charge is 2.07. The van der Waals surface area contributed by atoms with Crippen LogP contribution in [0.1, 0.15) is 24.5 Å². The van der Waals surface area contributed by atoms with Crippen LogP contribution in [0.5, 0.6) is 5.88 Å². The summed E-state index contributed by atoms with van der Waals surface area (Å²) < 4.78 is 5.74. The molecule has 0 saturated heterocycles. The van der Waals surface area contributed by atoms with Gasteiger partial charge in [-0.15, -0.1) is 0 Å². The first-order valence-corrected chi connectivity index (χ1v) is 6.88. The number of pyridine rings is 1. The molecule has 0 atom stereocenters. The number of aromatic nitrogens is 3. The van der Waals surface area contributed by atoms with Crippen molar-refractivity contribution in [3.8, 4) is 5.88 Å². The molecule has 1 N–H and O–H groups in total. The Morgan fingerprint density at radius 3 is 2.75 bits per heavy atom. The molecule has 2 aromatic heterocycles. The second-order valence-electron chi connectivity index (χ2n) is 4.49. The molecule has 0 spiro atoms. The number of aryl methyl sites for hydroxylation is 1. The zero-order valence-electron chi connectivity index (χ0n) is 12.0. The van der Waals surface area contributed by atoms with E-state index in [-0.39, 0.29) is 0 Å². The molecule has 0 saturated carbocycles. The maximum atomic E-state index is 5.74. The summed E-state index contributed by atoms with van der Waals surface area (Å²) in [6.45, 7) is 5.48. The fourth-order valence-electron chi connectivity index (χ4n) is 1.92. The van der Waals surface area contributed by atoms with E-state index in [1.807, 2.05) is 38.4 Å².